The lowest BCUT2D eigenvalue weighted by atomic mass is 10.1. The highest BCUT2D eigenvalue weighted by Gasteiger charge is 2.28. The number of hydrogen-bond acceptors (Lipinski definition) is 5. The molecule has 2 aromatic carbocycles. The van der Waals surface area contributed by atoms with Gasteiger partial charge in [-0.25, -0.2) is 8.42 Å². The van der Waals surface area contributed by atoms with Crippen LogP contribution in [0.25, 0.3) is 0 Å². The zero-order chi connectivity index (χ0) is 23.3. The summed E-state index contributed by atoms with van der Waals surface area (Å²) in [4.78, 5) is 19.1. The Balaban J connectivity index is 1.32. The monoisotopic (exact) mass is 464 g/mol. The third-order valence-corrected chi connectivity index (χ3v) is 7.70. The molecule has 0 spiro atoms. The van der Waals surface area contributed by atoms with Crippen LogP contribution in [-0.4, -0.2) is 54.7 Å². The summed E-state index contributed by atoms with van der Waals surface area (Å²) in [6, 6.07) is 18.3. The molecule has 0 radical (unpaired) electrons. The number of sulfonamides is 1. The van der Waals surface area contributed by atoms with Crippen molar-refractivity contribution >= 4 is 15.9 Å². The molecule has 33 heavy (non-hydrogen) atoms. The summed E-state index contributed by atoms with van der Waals surface area (Å²) in [6.07, 6.45) is 3.40. The predicted octanol–water partition coefficient (Wildman–Crippen LogP) is 2.83. The fourth-order valence-corrected chi connectivity index (χ4v) is 5.26. The lowest BCUT2D eigenvalue weighted by molar-refractivity contribution is 0.0950. The molecule has 0 bridgehead atoms. The normalized spacial score (nSPS) is 15.3. The van der Waals surface area contributed by atoms with Crippen LogP contribution in [0.1, 0.15) is 27.0 Å². The van der Waals surface area contributed by atoms with Gasteiger partial charge in [0.05, 0.1) is 4.90 Å². The van der Waals surface area contributed by atoms with Crippen LogP contribution in [0.2, 0.25) is 0 Å². The predicted molar refractivity (Wildman–Crippen MR) is 127 cm³/mol. The van der Waals surface area contributed by atoms with E-state index in [-0.39, 0.29) is 5.91 Å². The Morgan fingerprint density at radius 1 is 0.939 bits per heavy atom. The minimum Gasteiger partial charge on any atom is -0.348 e. The first kappa shape index (κ1) is 23.1. The summed E-state index contributed by atoms with van der Waals surface area (Å²) in [6.45, 7) is 5.24. The third-order valence-electron chi connectivity index (χ3n) is 5.79. The average molecular weight is 465 g/mol. The highest BCUT2D eigenvalue weighted by Crippen LogP contribution is 2.19. The van der Waals surface area contributed by atoms with Crippen LogP contribution in [0.5, 0.6) is 0 Å². The van der Waals surface area contributed by atoms with Gasteiger partial charge < -0.3 is 5.32 Å². The summed E-state index contributed by atoms with van der Waals surface area (Å²) in [7, 11) is -3.47. The average Bonchev–Trinajstić information content (AvgIpc) is 2.84. The number of nitrogens with one attached hydrogen (secondary N) is 1. The van der Waals surface area contributed by atoms with E-state index in [1.54, 1.807) is 34.9 Å². The van der Waals surface area contributed by atoms with Crippen molar-refractivity contribution in [3.05, 3.63) is 95.3 Å². The molecule has 1 aliphatic rings. The summed E-state index contributed by atoms with van der Waals surface area (Å²) in [5.41, 5.74) is 3.67. The van der Waals surface area contributed by atoms with Crippen LogP contribution < -0.4 is 5.32 Å². The Kier molecular flexibility index (Phi) is 7.17. The number of carbonyl (C=O) groups excluding carboxylic acids is 1. The largest absolute Gasteiger partial charge is 0.348 e. The second kappa shape index (κ2) is 10.2. The lowest BCUT2D eigenvalue weighted by Crippen LogP contribution is -2.48. The molecule has 1 aliphatic heterocycles. The van der Waals surface area contributed by atoms with Gasteiger partial charge in [-0.2, -0.15) is 4.31 Å². The molecule has 1 aromatic heterocycles. The molecule has 4 rings (SSSR count). The molecule has 0 aliphatic carbocycles. The summed E-state index contributed by atoms with van der Waals surface area (Å²) in [5.74, 6) is -0.123. The number of aromatic nitrogens is 1. The molecule has 3 aromatic rings. The minimum absolute atomic E-state index is 0.123. The SMILES string of the molecule is Cc1ccc(S(=O)(=O)N2CCN(Cc3cccc(C(=O)NCc4ccncc4)c3)CC2)cc1. The number of aryl methyl sites for hydroxylation is 1. The van der Waals surface area contributed by atoms with Crippen molar-refractivity contribution in [3.63, 3.8) is 0 Å². The number of carbonyl (C=O) groups is 1. The maximum Gasteiger partial charge on any atom is 0.251 e. The molecule has 0 atom stereocenters. The molecular weight excluding hydrogens is 436 g/mol. The second-order valence-electron chi connectivity index (χ2n) is 8.23. The Morgan fingerprint density at radius 2 is 1.64 bits per heavy atom. The van der Waals surface area contributed by atoms with E-state index in [1.807, 2.05) is 49.4 Å². The smallest absolute Gasteiger partial charge is 0.251 e. The summed E-state index contributed by atoms with van der Waals surface area (Å²) >= 11 is 0. The van der Waals surface area contributed by atoms with Gasteiger partial charge in [0.15, 0.2) is 0 Å². The third kappa shape index (κ3) is 5.84. The van der Waals surface area contributed by atoms with E-state index in [0.29, 0.717) is 49.7 Å². The van der Waals surface area contributed by atoms with Crippen LogP contribution in [0.15, 0.2) is 78.0 Å². The number of piperazine rings is 1. The fourth-order valence-electron chi connectivity index (χ4n) is 3.84. The van der Waals surface area contributed by atoms with Crippen molar-refractivity contribution in [2.75, 3.05) is 26.2 Å². The van der Waals surface area contributed by atoms with Crippen LogP contribution in [0.4, 0.5) is 0 Å². The van der Waals surface area contributed by atoms with E-state index < -0.39 is 10.0 Å². The van der Waals surface area contributed by atoms with Crippen molar-refractivity contribution in [3.8, 4) is 0 Å². The molecule has 0 saturated carbocycles. The Labute approximate surface area is 195 Å². The van der Waals surface area contributed by atoms with E-state index >= 15 is 0 Å². The van der Waals surface area contributed by atoms with Crippen LogP contribution >= 0.6 is 0 Å². The van der Waals surface area contributed by atoms with Gasteiger partial charge in [-0.3, -0.25) is 14.7 Å². The van der Waals surface area contributed by atoms with Crippen molar-refractivity contribution < 1.29 is 13.2 Å². The van der Waals surface area contributed by atoms with Gasteiger partial charge in [-0.15, -0.1) is 0 Å². The van der Waals surface area contributed by atoms with E-state index in [9.17, 15) is 13.2 Å². The number of nitrogens with zero attached hydrogens (tertiary/aromatic N) is 3. The van der Waals surface area contributed by atoms with Crippen molar-refractivity contribution in [2.45, 2.75) is 24.9 Å². The van der Waals surface area contributed by atoms with Crippen molar-refractivity contribution in [1.82, 2.24) is 19.5 Å². The van der Waals surface area contributed by atoms with Crippen LogP contribution in [0.3, 0.4) is 0 Å². The first-order chi connectivity index (χ1) is 15.9. The van der Waals surface area contributed by atoms with Gasteiger partial charge in [-0.05, 0) is 54.4 Å². The van der Waals surface area contributed by atoms with Crippen LogP contribution in [0, 0.1) is 6.92 Å². The summed E-state index contributed by atoms with van der Waals surface area (Å²) < 4.78 is 27.4. The Hall–Kier alpha value is -3.07. The van der Waals surface area contributed by atoms with Crippen molar-refractivity contribution in [2.24, 2.45) is 0 Å². The zero-order valence-corrected chi connectivity index (χ0v) is 19.5. The van der Waals surface area contributed by atoms with E-state index in [2.05, 4.69) is 15.2 Å². The van der Waals surface area contributed by atoms with Gasteiger partial charge in [0.25, 0.3) is 5.91 Å². The quantitative estimate of drug-likeness (QED) is 0.581. The molecule has 2 heterocycles. The molecule has 0 unspecified atom stereocenters. The van der Waals surface area contributed by atoms with E-state index in [1.165, 1.54) is 0 Å². The highest BCUT2D eigenvalue weighted by molar-refractivity contribution is 7.89. The molecule has 7 nitrogen and oxygen atoms in total. The molecule has 8 heteroatoms. The Bertz CT molecular complexity index is 1190. The van der Waals surface area contributed by atoms with Gasteiger partial charge >= 0.3 is 0 Å². The molecule has 1 saturated heterocycles. The molecule has 1 amide bonds. The summed E-state index contributed by atoms with van der Waals surface area (Å²) in [5, 5.41) is 2.93. The number of amides is 1. The van der Waals surface area contributed by atoms with E-state index in [4.69, 9.17) is 0 Å². The molecule has 1 fully saturated rings. The van der Waals surface area contributed by atoms with Gasteiger partial charge in [-0.1, -0.05) is 29.8 Å². The first-order valence-electron chi connectivity index (χ1n) is 11.0. The number of pyridine rings is 1. The minimum atomic E-state index is -3.47. The zero-order valence-electron chi connectivity index (χ0n) is 18.6. The van der Waals surface area contributed by atoms with Gasteiger partial charge in [0.1, 0.15) is 0 Å². The molecular formula is C25H28N4O3S. The maximum absolute atomic E-state index is 12.9. The number of benzene rings is 2. The highest BCUT2D eigenvalue weighted by atomic mass is 32.2. The van der Waals surface area contributed by atoms with Crippen LogP contribution in [-0.2, 0) is 23.1 Å². The first-order valence-corrected chi connectivity index (χ1v) is 12.4. The molecule has 1 N–H and O–H groups in total. The second-order valence-corrected chi connectivity index (χ2v) is 10.2. The lowest BCUT2D eigenvalue weighted by Gasteiger charge is -2.34. The van der Waals surface area contributed by atoms with Gasteiger partial charge in [0.2, 0.25) is 10.0 Å². The Morgan fingerprint density at radius 3 is 2.33 bits per heavy atom. The molecule has 172 valence electrons. The number of rotatable bonds is 7. The van der Waals surface area contributed by atoms with Gasteiger partial charge in [0, 0.05) is 57.2 Å². The van der Waals surface area contributed by atoms with Crippen molar-refractivity contribution in [1.29, 1.82) is 0 Å². The maximum atomic E-state index is 12.9. The standard InChI is InChI=1S/C25H28N4O3S/c1-20-5-7-24(8-6-20)33(31,32)29-15-13-28(14-16-29)19-22-3-2-4-23(17-22)25(30)27-18-21-9-11-26-12-10-21/h2-12,17H,13-16,18-19H2,1H3,(H,27,30). The number of hydrogen-bond donors (Lipinski definition) is 1. The fraction of sp³-hybridized carbons (Fsp3) is 0.280. The van der Waals surface area contributed by atoms with E-state index in [0.717, 1.165) is 16.7 Å². The topological polar surface area (TPSA) is 82.6 Å².